The van der Waals surface area contributed by atoms with Gasteiger partial charge >= 0.3 is 0 Å². The van der Waals surface area contributed by atoms with Gasteiger partial charge in [0.15, 0.2) is 0 Å². The maximum Gasteiger partial charge on any atom is 0.300 e. The summed E-state index contributed by atoms with van der Waals surface area (Å²) in [5.74, 6) is 0.260. The first-order valence-electron chi connectivity index (χ1n) is 10.4. The minimum atomic E-state index is -0.796. The molecule has 1 unspecified atom stereocenters. The third-order valence-corrected chi connectivity index (χ3v) is 7.90. The van der Waals surface area contributed by atoms with E-state index in [2.05, 4.69) is 51.2 Å². The highest BCUT2D eigenvalue weighted by molar-refractivity contribution is 8.16. The van der Waals surface area contributed by atoms with Crippen molar-refractivity contribution >= 4 is 22.8 Å². The van der Waals surface area contributed by atoms with Crippen molar-refractivity contribution < 1.29 is 14.3 Å². The van der Waals surface area contributed by atoms with Crippen molar-refractivity contribution in [1.82, 2.24) is 5.32 Å². The quantitative estimate of drug-likeness (QED) is 0.716. The number of ether oxygens (including phenoxy) is 1. The van der Waals surface area contributed by atoms with Crippen molar-refractivity contribution in [3.8, 4) is 5.75 Å². The molecule has 0 aromatic heterocycles. The van der Waals surface area contributed by atoms with Crippen LogP contribution in [0, 0.1) is 0 Å². The van der Waals surface area contributed by atoms with Crippen LogP contribution in [-0.4, -0.2) is 18.1 Å². The van der Waals surface area contributed by atoms with Crippen LogP contribution in [0.15, 0.2) is 42.5 Å². The van der Waals surface area contributed by atoms with E-state index in [1.807, 2.05) is 24.3 Å². The van der Waals surface area contributed by atoms with E-state index in [0.29, 0.717) is 6.42 Å². The molecule has 0 saturated carbocycles. The molecule has 1 aliphatic carbocycles. The van der Waals surface area contributed by atoms with Crippen molar-refractivity contribution in [1.29, 1.82) is 0 Å². The number of thioether (sulfide) groups is 1. The molecule has 5 heteroatoms. The fourth-order valence-electron chi connectivity index (χ4n) is 4.65. The van der Waals surface area contributed by atoms with Crippen LogP contribution in [0.5, 0.6) is 5.75 Å². The van der Waals surface area contributed by atoms with Crippen molar-refractivity contribution in [3.63, 3.8) is 0 Å². The van der Waals surface area contributed by atoms with Gasteiger partial charge in [0.05, 0.1) is 7.11 Å². The lowest BCUT2D eigenvalue weighted by atomic mass is 9.63. The van der Waals surface area contributed by atoms with Crippen LogP contribution in [0.25, 0.3) is 0 Å². The van der Waals surface area contributed by atoms with Gasteiger partial charge in [0, 0.05) is 6.42 Å². The fourth-order valence-corrected chi connectivity index (χ4v) is 5.74. The molecule has 1 saturated heterocycles. The second-order valence-electron chi connectivity index (χ2n) is 9.72. The predicted molar refractivity (Wildman–Crippen MR) is 121 cm³/mol. The summed E-state index contributed by atoms with van der Waals surface area (Å²) in [6.45, 7) is 9.16. The first-order chi connectivity index (χ1) is 14.1. The molecule has 1 heterocycles. The predicted octanol–water partition coefficient (Wildman–Crippen LogP) is 4.83. The highest BCUT2D eigenvalue weighted by atomic mass is 32.2. The number of methoxy groups -OCH3 is 1. The van der Waals surface area contributed by atoms with Crippen LogP contribution < -0.4 is 10.1 Å². The van der Waals surface area contributed by atoms with E-state index in [-0.39, 0.29) is 10.8 Å². The number of carbonyl (C=O) groups is 2. The number of nitrogens with one attached hydrogen (secondary N) is 1. The molecule has 1 atom stereocenters. The summed E-state index contributed by atoms with van der Waals surface area (Å²) in [5, 5.41) is 2.58. The zero-order valence-electron chi connectivity index (χ0n) is 18.3. The van der Waals surface area contributed by atoms with E-state index in [4.69, 9.17) is 4.74 Å². The summed E-state index contributed by atoms with van der Waals surface area (Å²) >= 11 is 1.10. The van der Waals surface area contributed by atoms with E-state index in [0.717, 1.165) is 41.5 Å². The van der Waals surface area contributed by atoms with Gasteiger partial charge in [-0.05, 0) is 69.8 Å². The molecule has 158 valence electrons. The average molecular weight is 424 g/mol. The molecule has 30 heavy (non-hydrogen) atoms. The van der Waals surface area contributed by atoms with Gasteiger partial charge in [0.1, 0.15) is 10.6 Å². The molecule has 4 rings (SSSR count). The Labute approximate surface area is 182 Å². The molecule has 2 aromatic carbocycles. The van der Waals surface area contributed by atoms with Crippen molar-refractivity contribution in [3.05, 3.63) is 64.7 Å². The van der Waals surface area contributed by atoms with Gasteiger partial charge in [0.25, 0.3) is 11.0 Å². The number of hydrogen-bond acceptors (Lipinski definition) is 4. The number of rotatable bonds is 4. The molecule has 1 N–H and O–H groups in total. The van der Waals surface area contributed by atoms with Crippen LogP contribution in [0.2, 0.25) is 0 Å². The zero-order chi connectivity index (χ0) is 21.7. The Morgan fingerprint density at radius 2 is 1.57 bits per heavy atom. The smallest absolute Gasteiger partial charge is 0.300 e. The molecule has 2 aromatic rings. The molecular formula is C25H29NO3S. The lowest BCUT2D eigenvalue weighted by Crippen LogP contribution is -2.40. The van der Waals surface area contributed by atoms with Crippen molar-refractivity contribution in [2.75, 3.05) is 7.11 Å². The maximum absolute atomic E-state index is 12.3. The summed E-state index contributed by atoms with van der Waals surface area (Å²) in [7, 11) is 1.64. The summed E-state index contributed by atoms with van der Waals surface area (Å²) in [5.41, 5.74) is 4.87. The van der Waals surface area contributed by atoms with Gasteiger partial charge in [-0.15, -0.1) is 0 Å². The number of hydrogen-bond donors (Lipinski definition) is 1. The molecule has 2 aliphatic rings. The van der Waals surface area contributed by atoms with E-state index >= 15 is 0 Å². The molecule has 4 nitrogen and oxygen atoms in total. The molecule has 0 bridgehead atoms. The highest BCUT2D eigenvalue weighted by Crippen LogP contribution is 2.49. The molecule has 1 fully saturated rings. The maximum atomic E-state index is 12.3. The molecule has 1 amide bonds. The fraction of sp³-hybridized carbons (Fsp3) is 0.440. The Bertz CT molecular complexity index is 992. The minimum Gasteiger partial charge on any atom is -0.497 e. The molecule has 0 spiro atoms. The number of carbonyl (C=O) groups excluding carboxylic acids is 2. The number of amides is 1. The minimum absolute atomic E-state index is 0.0550. The van der Waals surface area contributed by atoms with Crippen LogP contribution >= 0.6 is 11.8 Å². The largest absolute Gasteiger partial charge is 0.497 e. The van der Waals surface area contributed by atoms with E-state index < -0.39 is 15.9 Å². The summed E-state index contributed by atoms with van der Waals surface area (Å²) in [6.07, 6.45) is 2.79. The molecular weight excluding hydrogens is 394 g/mol. The van der Waals surface area contributed by atoms with Crippen LogP contribution in [0.1, 0.15) is 62.8 Å². The Balaban J connectivity index is 1.80. The van der Waals surface area contributed by atoms with Gasteiger partial charge in [-0.3, -0.25) is 9.59 Å². The molecule has 1 aliphatic heterocycles. The normalized spacial score (nSPS) is 24.3. The first kappa shape index (κ1) is 21.0. The van der Waals surface area contributed by atoms with Gasteiger partial charge in [-0.1, -0.05) is 58.0 Å². The van der Waals surface area contributed by atoms with Crippen molar-refractivity contribution in [2.45, 2.75) is 62.7 Å². The second kappa shape index (κ2) is 7.16. The Kier molecular flexibility index (Phi) is 5.00. The first-order valence-corrected chi connectivity index (χ1v) is 11.2. The Morgan fingerprint density at radius 3 is 2.13 bits per heavy atom. The van der Waals surface area contributed by atoms with Gasteiger partial charge < -0.3 is 10.1 Å². The summed E-state index contributed by atoms with van der Waals surface area (Å²) < 4.78 is 5.26. The standard InChI is InChI=1S/C25H29NO3S/c1-23(2)12-13-24(3,4)20-14-17(8-11-19(20)23)25(26-21(27)22(28)30-25)15-16-6-9-18(29-5)10-7-16/h6-11,14H,12-13,15H2,1-5H3,(H,26,27). The summed E-state index contributed by atoms with van der Waals surface area (Å²) in [4.78, 5) is 23.8. The van der Waals surface area contributed by atoms with Gasteiger partial charge in [-0.25, -0.2) is 0 Å². The van der Waals surface area contributed by atoms with Crippen molar-refractivity contribution in [2.24, 2.45) is 0 Å². The van der Waals surface area contributed by atoms with E-state index in [9.17, 15) is 9.59 Å². The highest BCUT2D eigenvalue weighted by Gasteiger charge is 2.47. The number of fused-ring (bicyclic) bond motifs is 1. The number of benzene rings is 2. The topological polar surface area (TPSA) is 55.4 Å². The summed E-state index contributed by atoms with van der Waals surface area (Å²) in [6, 6.07) is 14.3. The third kappa shape index (κ3) is 3.53. The lowest BCUT2D eigenvalue weighted by Gasteiger charge is -2.43. The van der Waals surface area contributed by atoms with E-state index in [1.165, 1.54) is 11.1 Å². The molecule has 0 radical (unpaired) electrons. The van der Waals surface area contributed by atoms with Crippen LogP contribution in [0.3, 0.4) is 0 Å². The van der Waals surface area contributed by atoms with Gasteiger partial charge in [0.2, 0.25) is 0 Å². The Morgan fingerprint density at radius 1 is 0.933 bits per heavy atom. The van der Waals surface area contributed by atoms with E-state index in [1.54, 1.807) is 7.11 Å². The SMILES string of the molecule is COc1ccc(CC2(c3ccc4c(c3)C(C)(C)CCC4(C)C)NC(=O)C(=O)S2)cc1. The lowest BCUT2D eigenvalue weighted by molar-refractivity contribution is -0.132. The second-order valence-corrected chi connectivity index (χ2v) is 11.0. The van der Waals surface area contributed by atoms with Crippen LogP contribution in [0.4, 0.5) is 0 Å². The monoisotopic (exact) mass is 423 g/mol. The third-order valence-electron chi connectivity index (χ3n) is 6.70. The average Bonchev–Trinajstić information content (AvgIpc) is 3.00. The van der Waals surface area contributed by atoms with Crippen LogP contribution in [-0.2, 0) is 31.7 Å². The van der Waals surface area contributed by atoms with Gasteiger partial charge in [-0.2, -0.15) is 0 Å². The zero-order valence-corrected chi connectivity index (χ0v) is 19.1. The Hall–Kier alpha value is -2.27.